The van der Waals surface area contributed by atoms with Crippen molar-refractivity contribution in [3.63, 3.8) is 0 Å². The van der Waals surface area contributed by atoms with Gasteiger partial charge in [-0.25, -0.2) is 0 Å². The van der Waals surface area contributed by atoms with Gasteiger partial charge in [0, 0.05) is 32.0 Å². The van der Waals surface area contributed by atoms with Crippen molar-refractivity contribution in [3.05, 3.63) is 70.9 Å². The third-order valence-electron chi connectivity index (χ3n) is 5.95. The summed E-state index contributed by atoms with van der Waals surface area (Å²) >= 11 is 0. The monoisotopic (exact) mass is 418 g/mol. The highest BCUT2D eigenvalue weighted by atomic mass is 16.5. The second-order valence-corrected chi connectivity index (χ2v) is 8.20. The van der Waals surface area contributed by atoms with Crippen LogP contribution in [0.5, 0.6) is 0 Å². The summed E-state index contributed by atoms with van der Waals surface area (Å²) in [5.74, 6) is -0.410. The molecule has 2 amide bonds. The summed E-state index contributed by atoms with van der Waals surface area (Å²) < 4.78 is 5.63. The van der Waals surface area contributed by atoms with E-state index in [1.54, 1.807) is 0 Å². The number of hydrogen-bond donors (Lipinski definition) is 0. The predicted octanol–water partition coefficient (Wildman–Crippen LogP) is 4.34. The number of unbranched alkanes of at least 4 members (excludes halogenated alkanes) is 1. The molecule has 0 N–H and O–H groups in total. The number of para-hydroxylation sites is 1. The topological polar surface area (TPSA) is 49.9 Å². The van der Waals surface area contributed by atoms with E-state index in [0.29, 0.717) is 37.4 Å². The molecule has 162 valence electrons. The molecule has 0 radical (unpaired) electrons. The Morgan fingerprint density at radius 2 is 1.68 bits per heavy atom. The van der Waals surface area contributed by atoms with Crippen molar-refractivity contribution in [3.8, 4) is 0 Å². The smallest absolute Gasteiger partial charge is 0.278 e. The zero-order chi connectivity index (χ0) is 21.8. The van der Waals surface area contributed by atoms with Gasteiger partial charge in [0.05, 0.1) is 5.57 Å². The van der Waals surface area contributed by atoms with E-state index >= 15 is 0 Å². The molecule has 0 saturated heterocycles. The largest absolute Gasteiger partial charge is 0.381 e. The molecule has 0 spiro atoms. The lowest BCUT2D eigenvalue weighted by atomic mass is 10.0. The summed E-state index contributed by atoms with van der Waals surface area (Å²) in [6.07, 6.45) is 3.63. The number of anilines is 1. The van der Waals surface area contributed by atoms with E-state index in [-0.39, 0.29) is 11.8 Å². The maximum absolute atomic E-state index is 13.5. The van der Waals surface area contributed by atoms with Crippen LogP contribution in [0.4, 0.5) is 5.69 Å². The van der Waals surface area contributed by atoms with E-state index in [1.165, 1.54) is 10.5 Å². The molecule has 31 heavy (non-hydrogen) atoms. The zero-order valence-electron chi connectivity index (χ0n) is 18.4. The molecule has 2 heterocycles. The lowest BCUT2D eigenvalue weighted by Crippen LogP contribution is -2.36. The molecule has 0 unspecified atom stereocenters. The third-order valence-corrected chi connectivity index (χ3v) is 5.95. The fourth-order valence-corrected chi connectivity index (χ4v) is 4.24. The van der Waals surface area contributed by atoms with Gasteiger partial charge < -0.3 is 9.64 Å². The molecule has 4 rings (SSSR count). The number of imide groups is 1. The highest BCUT2D eigenvalue weighted by Gasteiger charge is 2.42. The van der Waals surface area contributed by atoms with Crippen molar-refractivity contribution in [2.45, 2.75) is 39.5 Å². The average molecular weight is 419 g/mol. The van der Waals surface area contributed by atoms with Crippen LogP contribution in [0.25, 0.3) is 5.57 Å². The van der Waals surface area contributed by atoms with E-state index in [9.17, 15) is 9.59 Å². The van der Waals surface area contributed by atoms with E-state index in [2.05, 4.69) is 13.0 Å². The Balaban J connectivity index is 1.62. The maximum Gasteiger partial charge on any atom is 0.278 e. The van der Waals surface area contributed by atoms with Crippen LogP contribution >= 0.6 is 0 Å². The lowest BCUT2D eigenvalue weighted by Gasteiger charge is -2.21. The molecule has 2 aromatic carbocycles. The highest BCUT2D eigenvalue weighted by Crippen LogP contribution is 2.38. The third kappa shape index (κ3) is 4.28. The molecule has 0 saturated carbocycles. The number of benzene rings is 2. The molecule has 0 aliphatic carbocycles. The van der Waals surface area contributed by atoms with Crippen LogP contribution in [0, 0.1) is 6.92 Å². The first-order valence-corrected chi connectivity index (χ1v) is 11.2. The molecular formula is C26H30N2O3. The summed E-state index contributed by atoms with van der Waals surface area (Å²) in [6.45, 7) is 6.50. The van der Waals surface area contributed by atoms with Gasteiger partial charge in [-0.05, 0) is 43.4 Å². The molecule has 2 aliphatic rings. The van der Waals surface area contributed by atoms with Gasteiger partial charge in [-0.1, -0.05) is 61.4 Å². The number of carbonyl (C=O) groups excluding carboxylic acids is 2. The molecule has 0 bridgehead atoms. The van der Waals surface area contributed by atoms with Crippen molar-refractivity contribution >= 4 is 23.1 Å². The van der Waals surface area contributed by atoms with Crippen LogP contribution in [-0.4, -0.2) is 43.0 Å². The Hall–Kier alpha value is -2.92. The Morgan fingerprint density at radius 1 is 0.935 bits per heavy atom. The minimum atomic E-state index is -0.207. The molecule has 2 aliphatic heterocycles. The minimum Gasteiger partial charge on any atom is -0.381 e. The van der Waals surface area contributed by atoms with Gasteiger partial charge in [0.25, 0.3) is 11.8 Å². The van der Waals surface area contributed by atoms with Crippen LogP contribution < -0.4 is 4.90 Å². The van der Waals surface area contributed by atoms with Crippen LogP contribution in [0.1, 0.15) is 42.9 Å². The Kier molecular flexibility index (Phi) is 6.52. The molecule has 5 heteroatoms. The summed E-state index contributed by atoms with van der Waals surface area (Å²) in [5, 5.41) is 0. The summed E-state index contributed by atoms with van der Waals surface area (Å²) in [7, 11) is 0. The van der Waals surface area contributed by atoms with E-state index in [0.717, 1.165) is 42.7 Å². The van der Waals surface area contributed by atoms with Crippen LogP contribution in [0.2, 0.25) is 0 Å². The van der Waals surface area contributed by atoms with Crippen molar-refractivity contribution in [1.82, 2.24) is 4.90 Å². The number of carbonyl (C=O) groups is 2. The van der Waals surface area contributed by atoms with Crippen molar-refractivity contribution in [2.75, 3.05) is 31.2 Å². The number of amides is 2. The quantitative estimate of drug-likeness (QED) is 0.449. The fourth-order valence-electron chi connectivity index (χ4n) is 4.24. The van der Waals surface area contributed by atoms with Crippen molar-refractivity contribution in [2.24, 2.45) is 0 Å². The van der Waals surface area contributed by atoms with Gasteiger partial charge in [-0.15, -0.1) is 0 Å². The van der Waals surface area contributed by atoms with Gasteiger partial charge >= 0.3 is 0 Å². The number of aryl methyl sites for hydroxylation is 1. The van der Waals surface area contributed by atoms with Crippen molar-refractivity contribution < 1.29 is 14.3 Å². The van der Waals surface area contributed by atoms with Gasteiger partial charge in [0.1, 0.15) is 5.70 Å². The van der Waals surface area contributed by atoms with Gasteiger partial charge in [-0.2, -0.15) is 0 Å². The summed E-state index contributed by atoms with van der Waals surface area (Å²) in [4.78, 5) is 30.3. The average Bonchev–Trinajstić information content (AvgIpc) is 3.30. The highest BCUT2D eigenvalue weighted by molar-refractivity contribution is 6.36. The number of hydrogen-bond acceptors (Lipinski definition) is 4. The Labute approximate surface area is 184 Å². The first-order chi connectivity index (χ1) is 15.1. The molecule has 5 nitrogen and oxygen atoms in total. The van der Waals surface area contributed by atoms with Gasteiger partial charge in [-0.3, -0.25) is 14.5 Å². The Bertz CT molecular complexity index is 994. The molecule has 0 aromatic heterocycles. The normalized spacial score (nSPS) is 15.9. The number of ether oxygens (including phenoxy) is 1. The lowest BCUT2D eigenvalue weighted by molar-refractivity contribution is -0.137. The van der Waals surface area contributed by atoms with Crippen LogP contribution in [0.15, 0.2) is 54.2 Å². The fraction of sp³-hybridized carbons (Fsp3) is 0.385. The molecule has 0 atom stereocenters. The number of rotatable bonds is 9. The Morgan fingerprint density at radius 3 is 2.45 bits per heavy atom. The van der Waals surface area contributed by atoms with E-state index in [1.807, 2.05) is 54.3 Å². The van der Waals surface area contributed by atoms with Crippen LogP contribution in [-0.2, 0) is 20.7 Å². The van der Waals surface area contributed by atoms with Gasteiger partial charge in [0.15, 0.2) is 0 Å². The van der Waals surface area contributed by atoms with Crippen molar-refractivity contribution in [1.29, 1.82) is 0 Å². The minimum absolute atomic E-state index is 0.203. The molecular weight excluding hydrogens is 388 g/mol. The first kappa shape index (κ1) is 21.3. The first-order valence-electron chi connectivity index (χ1n) is 11.2. The second kappa shape index (κ2) is 9.48. The molecule has 2 aromatic rings. The number of fused-ring (bicyclic) bond motifs is 1. The van der Waals surface area contributed by atoms with E-state index in [4.69, 9.17) is 4.74 Å². The van der Waals surface area contributed by atoms with Crippen LogP contribution in [0.3, 0.4) is 0 Å². The maximum atomic E-state index is 13.5. The van der Waals surface area contributed by atoms with E-state index < -0.39 is 0 Å². The predicted molar refractivity (Wildman–Crippen MR) is 123 cm³/mol. The summed E-state index contributed by atoms with van der Waals surface area (Å²) in [5.41, 5.74) is 5.16. The zero-order valence-corrected chi connectivity index (χ0v) is 18.4. The standard InChI is InChI=1S/C26H30N2O3/c1-3-4-17-31-18-7-15-28-25(29)23(21-12-10-19(2)11-13-21)24(26(28)30)27-16-14-20-8-5-6-9-22(20)27/h5-6,8-13H,3-4,7,14-18H2,1-2H3. The van der Waals surface area contributed by atoms with Gasteiger partial charge in [0.2, 0.25) is 0 Å². The second-order valence-electron chi connectivity index (χ2n) is 8.20. The molecule has 0 fully saturated rings. The summed E-state index contributed by atoms with van der Waals surface area (Å²) in [6, 6.07) is 16.0. The SMILES string of the molecule is CCCCOCCCN1C(=O)C(c2ccc(C)cc2)=C(N2CCc3ccccc32)C1=O. The number of nitrogens with zero attached hydrogens (tertiary/aromatic N) is 2.